The monoisotopic (exact) mass is 250 g/mol. The van der Waals surface area contributed by atoms with Gasteiger partial charge in [-0.1, -0.05) is 39.2 Å². The van der Waals surface area contributed by atoms with Gasteiger partial charge in [-0.2, -0.15) is 0 Å². The van der Waals surface area contributed by atoms with Gasteiger partial charge in [-0.15, -0.1) is 0 Å². The van der Waals surface area contributed by atoms with Crippen LogP contribution in [-0.2, 0) is 0 Å². The maximum Gasteiger partial charge on any atom is 0.143 e. The van der Waals surface area contributed by atoms with Crippen LogP contribution in [0.2, 0.25) is 0 Å². The van der Waals surface area contributed by atoms with Crippen molar-refractivity contribution >= 4 is 11.4 Å². The van der Waals surface area contributed by atoms with Crippen LogP contribution in [0, 0.1) is 5.92 Å². The molecular formula is C15H26N2O. The van der Waals surface area contributed by atoms with Gasteiger partial charge < -0.3 is 15.8 Å². The minimum atomic E-state index is 0.699. The number of nitrogen functional groups attached to an aromatic ring is 1. The molecule has 0 saturated carbocycles. The molecule has 0 heterocycles. The van der Waals surface area contributed by atoms with E-state index < -0.39 is 0 Å². The third-order valence-corrected chi connectivity index (χ3v) is 3.41. The van der Waals surface area contributed by atoms with Gasteiger partial charge in [-0.3, -0.25) is 0 Å². The van der Waals surface area contributed by atoms with E-state index in [0.717, 1.165) is 23.9 Å². The van der Waals surface area contributed by atoms with Gasteiger partial charge in [0.25, 0.3) is 0 Å². The highest BCUT2D eigenvalue weighted by atomic mass is 16.5. The predicted octanol–water partition coefficient (Wildman–Crippen LogP) is 3.91. The Bertz CT molecular complexity index is 352. The lowest BCUT2D eigenvalue weighted by atomic mass is 9.99. The van der Waals surface area contributed by atoms with E-state index in [1.807, 2.05) is 18.2 Å². The van der Waals surface area contributed by atoms with Crippen LogP contribution in [0.4, 0.5) is 11.4 Å². The van der Waals surface area contributed by atoms with E-state index in [1.165, 1.54) is 25.7 Å². The van der Waals surface area contributed by atoms with Crippen LogP contribution in [0.1, 0.15) is 39.5 Å². The lowest BCUT2D eigenvalue weighted by Gasteiger charge is -2.18. The van der Waals surface area contributed by atoms with Crippen molar-refractivity contribution in [3.05, 3.63) is 18.2 Å². The topological polar surface area (TPSA) is 47.3 Å². The average molecular weight is 250 g/mol. The summed E-state index contributed by atoms with van der Waals surface area (Å²) in [6.45, 7) is 5.46. The molecule has 0 fully saturated rings. The summed E-state index contributed by atoms with van der Waals surface area (Å²) < 4.78 is 5.22. The van der Waals surface area contributed by atoms with Crippen molar-refractivity contribution in [3.63, 3.8) is 0 Å². The Morgan fingerprint density at radius 2 is 2.11 bits per heavy atom. The molecule has 1 unspecified atom stereocenters. The molecule has 0 bridgehead atoms. The van der Waals surface area contributed by atoms with Gasteiger partial charge in [0.1, 0.15) is 5.75 Å². The average Bonchev–Trinajstić information content (AvgIpc) is 2.40. The Balaban J connectivity index is 2.56. The van der Waals surface area contributed by atoms with Crippen molar-refractivity contribution in [2.75, 3.05) is 24.7 Å². The molecule has 102 valence electrons. The van der Waals surface area contributed by atoms with Gasteiger partial charge in [-0.05, 0) is 24.5 Å². The number of nitrogens with one attached hydrogen (secondary N) is 1. The second kappa shape index (κ2) is 7.85. The highest BCUT2D eigenvalue weighted by molar-refractivity contribution is 5.72. The molecule has 1 aromatic rings. The fourth-order valence-electron chi connectivity index (χ4n) is 2.07. The lowest BCUT2D eigenvalue weighted by Crippen LogP contribution is -2.14. The maximum absolute atomic E-state index is 6.03. The van der Waals surface area contributed by atoms with Crippen molar-refractivity contribution in [2.45, 2.75) is 39.5 Å². The van der Waals surface area contributed by atoms with E-state index in [1.54, 1.807) is 7.11 Å². The highest BCUT2D eigenvalue weighted by Gasteiger charge is 2.08. The van der Waals surface area contributed by atoms with Crippen molar-refractivity contribution < 1.29 is 4.74 Å². The van der Waals surface area contributed by atoms with Crippen LogP contribution in [0.3, 0.4) is 0 Å². The Kier molecular flexibility index (Phi) is 6.40. The van der Waals surface area contributed by atoms with Crippen LogP contribution < -0.4 is 15.8 Å². The molecule has 0 aliphatic carbocycles. The van der Waals surface area contributed by atoms with Crippen LogP contribution in [0.25, 0.3) is 0 Å². The molecule has 0 radical (unpaired) electrons. The van der Waals surface area contributed by atoms with E-state index in [9.17, 15) is 0 Å². The Hall–Kier alpha value is -1.38. The first kappa shape index (κ1) is 14.7. The smallest absolute Gasteiger partial charge is 0.143 e. The number of para-hydroxylation sites is 1. The molecule has 0 amide bonds. The Morgan fingerprint density at radius 1 is 1.33 bits per heavy atom. The Labute approximate surface area is 111 Å². The first-order valence-corrected chi connectivity index (χ1v) is 6.89. The normalized spacial score (nSPS) is 12.2. The standard InChI is InChI=1S/C15H26N2O/c1-4-6-8-12(5-2)11-17-13-9-7-10-14(18-3)15(13)16/h7,9-10,12,17H,4-6,8,11,16H2,1-3H3. The SMILES string of the molecule is CCCCC(CC)CNc1cccc(OC)c1N. The summed E-state index contributed by atoms with van der Waals surface area (Å²) in [4.78, 5) is 0. The van der Waals surface area contributed by atoms with Gasteiger partial charge in [-0.25, -0.2) is 0 Å². The molecule has 0 aliphatic heterocycles. The highest BCUT2D eigenvalue weighted by Crippen LogP contribution is 2.29. The van der Waals surface area contributed by atoms with E-state index in [0.29, 0.717) is 5.69 Å². The van der Waals surface area contributed by atoms with E-state index in [-0.39, 0.29) is 0 Å². The summed E-state index contributed by atoms with van der Waals surface area (Å²) in [6, 6.07) is 5.85. The largest absolute Gasteiger partial charge is 0.495 e. The molecule has 1 atom stereocenters. The van der Waals surface area contributed by atoms with Crippen molar-refractivity contribution in [3.8, 4) is 5.75 Å². The zero-order valence-corrected chi connectivity index (χ0v) is 11.8. The van der Waals surface area contributed by atoms with Crippen LogP contribution in [-0.4, -0.2) is 13.7 Å². The minimum absolute atomic E-state index is 0.699. The summed E-state index contributed by atoms with van der Waals surface area (Å²) in [5, 5.41) is 3.44. The molecule has 1 rings (SSSR count). The number of hydrogen-bond acceptors (Lipinski definition) is 3. The second-order valence-corrected chi connectivity index (χ2v) is 4.72. The fraction of sp³-hybridized carbons (Fsp3) is 0.600. The number of benzene rings is 1. The second-order valence-electron chi connectivity index (χ2n) is 4.72. The summed E-state index contributed by atoms with van der Waals surface area (Å²) in [5.41, 5.74) is 7.71. The number of ether oxygens (including phenoxy) is 1. The van der Waals surface area contributed by atoms with Gasteiger partial charge >= 0.3 is 0 Å². The van der Waals surface area contributed by atoms with Crippen molar-refractivity contribution in [1.82, 2.24) is 0 Å². The van der Waals surface area contributed by atoms with E-state index in [4.69, 9.17) is 10.5 Å². The third-order valence-electron chi connectivity index (χ3n) is 3.41. The fourth-order valence-corrected chi connectivity index (χ4v) is 2.07. The predicted molar refractivity (Wildman–Crippen MR) is 79.2 cm³/mol. The van der Waals surface area contributed by atoms with Crippen LogP contribution >= 0.6 is 0 Å². The van der Waals surface area contributed by atoms with Gasteiger partial charge in [0.15, 0.2) is 0 Å². The van der Waals surface area contributed by atoms with Gasteiger partial charge in [0.05, 0.1) is 18.5 Å². The van der Waals surface area contributed by atoms with E-state index in [2.05, 4.69) is 19.2 Å². The van der Waals surface area contributed by atoms with Crippen molar-refractivity contribution in [2.24, 2.45) is 5.92 Å². The molecule has 18 heavy (non-hydrogen) atoms. The zero-order valence-electron chi connectivity index (χ0n) is 11.8. The summed E-state index contributed by atoms with van der Waals surface area (Å²) in [7, 11) is 1.64. The molecular weight excluding hydrogens is 224 g/mol. The van der Waals surface area contributed by atoms with E-state index >= 15 is 0 Å². The quantitative estimate of drug-likeness (QED) is 0.688. The number of rotatable bonds is 8. The summed E-state index contributed by atoms with van der Waals surface area (Å²) >= 11 is 0. The van der Waals surface area contributed by atoms with Crippen LogP contribution in [0.15, 0.2) is 18.2 Å². The van der Waals surface area contributed by atoms with Gasteiger partial charge in [0.2, 0.25) is 0 Å². The third kappa shape index (κ3) is 4.13. The van der Waals surface area contributed by atoms with Gasteiger partial charge in [0, 0.05) is 6.54 Å². The Morgan fingerprint density at radius 3 is 2.72 bits per heavy atom. The molecule has 1 aromatic carbocycles. The molecule has 3 N–H and O–H groups in total. The molecule has 3 nitrogen and oxygen atoms in total. The molecule has 0 saturated heterocycles. The number of hydrogen-bond donors (Lipinski definition) is 2. The molecule has 0 spiro atoms. The number of methoxy groups -OCH3 is 1. The number of unbranched alkanes of at least 4 members (excludes halogenated alkanes) is 1. The minimum Gasteiger partial charge on any atom is -0.495 e. The summed E-state index contributed by atoms with van der Waals surface area (Å²) in [5.74, 6) is 1.46. The maximum atomic E-state index is 6.03. The number of nitrogens with two attached hydrogens (primary N) is 1. The first-order valence-electron chi connectivity index (χ1n) is 6.89. The number of anilines is 2. The molecule has 0 aromatic heterocycles. The van der Waals surface area contributed by atoms with Crippen LogP contribution in [0.5, 0.6) is 5.75 Å². The van der Waals surface area contributed by atoms with Crippen molar-refractivity contribution in [1.29, 1.82) is 0 Å². The molecule has 0 aliphatic rings. The summed E-state index contributed by atoms with van der Waals surface area (Å²) in [6.07, 6.45) is 5.05. The lowest BCUT2D eigenvalue weighted by molar-refractivity contribution is 0.417. The molecule has 3 heteroatoms. The zero-order chi connectivity index (χ0) is 13.4. The first-order chi connectivity index (χ1) is 8.72.